The average Bonchev–Trinajstić information content (AvgIpc) is 2.38. The van der Waals surface area contributed by atoms with Gasteiger partial charge in [-0.05, 0) is 24.3 Å². The standard InChI is InChI=1S/C17H26O2/c1-7-14-8-10-15(11-9-14)16(18)19-17(6,12(2)3)13(4)5/h7-13,16,18H,1H2,2-6H3. The van der Waals surface area contributed by atoms with Gasteiger partial charge in [-0.3, -0.25) is 0 Å². The van der Waals surface area contributed by atoms with Gasteiger partial charge in [0.05, 0.1) is 5.60 Å². The van der Waals surface area contributed by atoms with Gasteiger partial charge in [-0.25, -0.2) is 0 Å². The van der Waals surface area contributed by atoms with Crippen LogP contribution in [0, 0.1) is 11.8 Å². The molecule has 1 atom stereocenters. The Bertz CT molecular complexity index is 396. The number of hydrogen-bond acceptors (Lipinski definition) is 2. The summed E-state index contributed by atoms with van der Waals surface area (Å²) >= 11 is 0. The van der Waals surface area contributed by atoms with Crippen molar-refractivity contribution in [2.75, 3.05) is 0 Å². The van der Waals surface area contributed by atoms with Crippen LogP contribution in [-0.4, -0.2) is 10.7 Å². The summed E-state index contributed by atoms with van der Waals surface area (Å²) in [5.74, 6) is 0.657. The van der Waals surface area contributed by atoms with Crippen LogP contribution >= 0.6 is 0 Å². The second kappa shape index (κ2) is 6.36. The predicted octanol–water partition coefficient (Wildman–Crippen LogP) is 4.41. The molecule has 0 aromatic heterocycles. The molecule has 0 heterocycles. The van der Waals surface area contributed by atoms with E-state index in [9.17, 15) is 5.11 Å². The highest BCUT2D eigenvalue weighted by Gasteiger charge is 2.35. The van der Waals surface area contributed by atoms with Crippen LogP contribution in [0.2, 0.25) is 0 Å². The van der Waals surface area contributed by atoms with Crippen LogP contribution in [0.25, 0.3) is 6.08 Å². The Hall–Kier alpha value is -1.12. The Morgan fingerprint density at radius 1 is 1.11 bits per heavy atom. The van der Waals surface area contributed by atoms with Gasteiger partial charge in [-0.1, -0.05) is 64.6 Å². The summed E-state index contributed by atoms with van der Waals surface area (Å²) in [6.07, 6.45) is 0.886. The average molecular weight is 262 g/mol. The van der Waals surface area contributed by atoms with Crippen LogP contribution in [-0.2, 0) is 4.74 Å². The first kappa shape index (κ1) is 15.9. The third kappa shape index (κ3) is 3.68. The molecule has 0 saturated carbocycles. The van der Waals surface area contributed by atoms with Crippen molar-refractivity contribution in [3.63, 3.8) is 0 Å². The maximum atomic E-state index is 10.3. The van der Waals surface area contributed by atoms with Gasteiger partial charge in [-0.2, -0.15) is 0 Å². The third-order valence-corrected chi connectivity index (χ3v) is 4.12. The molecule has 1 aromatic rings. The quantitative estimate of drug-likeness (QED) is 0.770. The van der Waals surface area contributed by atoms with E-state index in [1.807, 2.05) is 24.3 Å². The maximum absolute atomic E-state index is 10.3. The molecular weight excluding hydrogens is 236 g/mol. The van der Waals surface area contributed by atoms with E-state index < -0.39 is 6.29 Å². The molecule has 2 nitrogen and oxygen atoms in total. The lowest BCUT2D eigenvalue weighted by Crippen LogP contribution is -2.41. The van der Waals surface area contributed by atoms with Crippen molar-refractivity contribution >= 4 is 6.08 Å². The van der Waals surface area contributed by atoms with E-state index in [4.69, 9.17) is 4.74 Å². The van der Waals surface area contributed by atoms with Crippen LogP contribution in [0.4, 0.5) is 0 Å². The van der Waals surface area contributed by atoms with Gasteiger partial charge in [0, 0.05) is 5.56 Å². The van der Waals surface area contributed by atoms with Gasteiger partial charge < -0.3 is 9.84 Å². The van der Waals surface area contributed by atoms with Crippen LogP contribution in [0.1, 0.15) is 52.0 Å². The number of benzene rings is 1. The SMILES string of the molecule is C=Cc1ccc(C(O)OC(C)(C(C)C)C(C)C)cc1. The lowest BCUT2D eigenvalue weighted by atomic mass is 9.82. The third-order valence-electron chi connectivity index (χ3n) is 4.12. The minimum absolute atomic E-state index is 0.328. The summed E-state index contributed by atoms with van der Waals surface area (Å²) in [4.78, 5) is 0. The zero-order chi connectivity index (χ0) is 14.6. The Balaban J connectivity index is 2.87. The zero-order valence-electron chi connectivity index (χ0n) is 12.7. The number of hydrogen-bond donors (Lipinski definition) is 1. The van der Waals surface area contributed by atoms with Crippen molar-refractivity contribution in [3.05, 3.63) is 42.0 Å². The smallest absolute Gasteiger partial charge is 0.181 e. The van der Waals surface area contributed by atoms with Crippen molar-refractivity contribution in [1.82, 2.24) is 0 Å². The zero-order valence-corrected chi connectivity index (χ0v) is 12.7. The van der Waals surface area contributed by atoms with Crippen molar-refractivity contribution in [1.29, 1.82) is 0 Å². The highest BCUT2D eigenvalue weighted by molar-refractivity contribution is 5.47. The van der Waals surface area contributed by atoms with E-state index in [0.717, 1.165) is 11.1 Å². The fourth-order valence-corrected chi connectivity index (χ4v) is 2.04. The minimum Gasteiger partial charge on any atom is -0.364 e. The topological polar surface area (TPSA) is 29.5 Å². The fraction of sp³-hybridized carbons (Fsp3) is 0.529. The monoisotopic (exact) mass is 262 g/mol. The van der Waals surface area contributed by atoms with E-state index in [0.29, 0.717) is 11.8 Å². The van der Waals surface area contributed by atoms with E-state index in [2.05, 4.69) is 41.2 Å². The van der Waals surface area contributed by atoms with Gasteiger partial charge in [0.25, 0.3) is 0 Å². The number of aliphatic hydroxyl groups excluding tert-OH is 1. The largest absolute Gasteiger partial charge is 0.364 e. The molecule has 0 aliphatic rings. The van der Waals surface area contributed by atoms with Crippen molar-refractivity contribution in [2.24, 2.45) is 11.8 Å². The molecule has 0 aliphatic carbocycles. The molecule has 0 spiro atoms. The number of rotatable bonds is 6. The van der Waals surface area contributed by atoms with E-state index >= 15 is 0 Å². The lowest BCUT2D eigenvalue weighted by Gasteiger charge is -2.39. The number of ether oxygens (including phenoxy) is 1. The van der Waals surface area contributed by atoms with Crippen molar-refractivity contribution in [2.45, 2.75) is 46.5 Å². The molecule has 106 valence electrons. The van der Waals surface area contributed by atoms with Crippen LogP contribution in [0.15, 0.2) is 30.8 Å². The number of aliphatic hydroxyl groups is 1. The Morgan fingerprint density at radius 2 is 1.58 bits per heavy atom. The minimum atomic E-state index is -0.895. The molecule has 0 saturated heterocycles. The van der Waals surface area contributed by atoms with Crippen LogP contribution in [0.3, 0.4) is 0 Å². The lowest BCUT2D eigenvalue weighted by molar-refractivity contribution is -0.215. The Labute approximate surface area is 117 Å². The normalized spacial score (nSPS) is 13.9. The first-order valence-corrected chi connectivity index (χ1v) is 6.89. The second-order valence-corrected chi connectivity index (χ2v) is 5.83. The molecule has 2 heteroatoms. The summed E-state index contributed by atoms with van der Waals surface area (Å²) in [6.45, 7) is 14.3. The molecule has 1 rings (SSSR count). The molecule has 1 aromatic carbocycles. The first-order chi connectivity index (χ1) is 8.81. The van der Waals surface area contributed by atoms with E-state index in [-0.39, 0.29) is 5.60 Å². The van der Waals surface area contributed by atoms with E-state index in [1.54, 1.807) is 6.08 Å². The molecule has 0 fully saturated rings. The fourth-order valence-electron chi connectivity index (χ4n) is 2.04. The van der Waals surface area contributed by atoms with Crippen molar-refractivity contribution in [3.8, 4) is 0 Å². The van der Waals surface area contributed by atoms with Gasteiger partial charge >= 0.3 is 0 Å². The van der Waals surface area contributed by atoms with E-state index in [1.165, 1.54) is 0 Å². The summed E-state index contributed by atoms with van der Waals surface area (Å²) in [7, 11) is 0. The van der Waals surface area contributed by atoms with Crippen molar-refractivity contribution < 1.29 is 9.84 Å². The Kier molecular flexibility index (Phi) is 5.33. The summed E-state index contributed by atoms with van der Waals surface area (Å²) in [5, 5.41) is 10.3. The molecule has 1 unspecified atom stereocenters. The molecule has 0 radical (unpaired) electrons. The van der Waals surface area contributed by atoms with Crippen LogP contribution in [0.5, 0.6) is 0 Å². The Morgan fingerprint density at radius 3 is 1.95 bits per heavy atom. The highest BCUT2D eigenvalue weighted by atomic mass is 16.6. The maximum Gasteiger partial charge on any atom is 0.181 e. The molecule has 0 aliphatic heterocycles. The predicted molar refractivity (Wildman–Crippen MR) is 80.7 cm³/mol. The second-order valence-electron chi connectivity index (χ2n) is 5.83. The molecular formula is C17H26O2. The summed E-state index contributed by atoms with van der Waals surface area (Å²) in [6, 6.07) is 7.61. The molecule has 0 bridgehead atoms. The molecule has 19 heavy (non-hydrogen) atoms. The van der Waals surface area contributed by atoms with Gasteiger partial charge in [-0.15, -0.1) is 0 Å². The first-order valence-electron chi connectivity index (χ1n) is 6.89. The van der Waals surface area contributed by atoms with Gasteiger partial charge in [0.1, 0.15) is 0 Å². The summed E-state index contributed by atoms with van der Waals surface area (Å²) < 4.78 is 5.95. The summed E-state index contributed by atoms with van der Waals surface area (Å²) in [5.41, 5.74) is 1.46. The molecule has 1 N–H and O–H groups in total. The molecule has 0 amide bonds. The van der Waals surface area contributed by atoms with Crippen LogP contribution < -0.4 is 0 Å². The van der Waals surface area contributed by atoms with Gasteiger partial charge in [0.15, 0.2) is 6.29 Å². The van der Waals surface area contributed by atoms with Gasteiger partial charge in [0.2, 0.25) is 0 Å². The highest BCUT2D eigenvalue weighted by Crippen LogP contribution is 2.34.